The molecule has 2 aromatic rings. The fraction of sp³-hybridized carbons (Fsp3) is 0.0769. The normalized spacial score (nSPS) is 10.1. The van der Waals surface area contributed by atoms with Gasteiger partial charge >= 0.3 is 0 Å². The molecule has 0 atom stereocenters. The van der Waals surface area contributed by atoms with Gasteiger partial charge in [-0.3, -0.25) is 0 Å². The SMILES string of the molecule is Nc1ccc(N)c(CNc2ccc(O)cc2)c1. The van der Waals surface area contributed by atoms with Gasteiger partial charge in [-0.1, -0.05) is 0 Å². The molecule has 0 radical (unpaired) electrons. The Morgan fingerprint density at radius 1 is 1.00 bits per heavy atom. The molecule has 17 heavy (non-hydrogen) atoms. The molecule has 4 heteroatoms. The minimum atomic E-state index is 0.249. The van der Waals surface area contributed by atoms with Crippen LogP contribution in [-0.4, -0.2) is 5.11 Å². The second-order valence-corrected chi connectivity index (χ2v) is 3.86. The summed E-state index contributed by atoms with van der Waals surface area (Å²) < 4.78 is 0. The third kappa shape index (κ3) is 2.81. The van der Waals surface area contributed by atoms with Crippen LogP contribution in [0.15, 0.2) is 42.5 Å². The van der Waals surface area contributed by atoms with Crippen molar-refractivity contribution in [3.63, 3.8) is 0 Å². The molecule has 0 bridgehead atoms. The largest absolute Gasteiger partial charge is 0.508 e. The first kappa shape index (κ1) is 11.1. The highest BCUT2D eigenvalue weighted by Crippen LogP contribution is 2.18. The summed E-state index contributed by atoms with van der Waals surface area (Å²) in [5, 5.41) is 12.4. The first-order valence-electron chi connectivity index (χ1n) is 5.32. The third-order valence-corrected chi connectivity index (χ3v) is 2.52. The maximum absolute atomic E-state index is 9.16. The van der Waals surface area contributed by atoms with Crippen LogP contribution in [0.1, 0.15) is 5.56 Å². The number of hydrogen-bond acceptors (Lipinski definition) is 4. The molecule has 0 aliphatic carbocycles. The van der Waals surface area contributed by atoms with E-state index in [9.17, 15) is 0 Å². The molecule has 88 valence electrons. The van der Waals surface area contributed by atoms with E-state index in [1.165, 1.54) is 0 Å². The number of phenolic OH excluding ortho intramolecular Hbond substituents is 1. The standard InChI is InChI=1S/C13H15N3O/c14-10-1-6-13(15)9(7-10)8-16-11-2-4-12(17)5-3-11/h1-7,16-17H,8,14-15H2. The van der Waals surface area contributed by atoms with Gasteiger partial charge in [0.05, 0.1) is 0 Å². The van der Waals surface area contributed by atoms with Gasteiger partial charge in [-0.05, 0) is 48.0 Å². The molecule has 2 aromatic carbocycles. The number of nitrogens with one attached hydrogen (secondary N) is 1. The second-order valence-electron chi connectivity index (χ2n) is 3.86. The number of anilines is 3. The summed E-state index contributed by atoms with van der Waals surface area (Å²) in [5.74, 6) is 0.249. The third-order valence-electron chi connectivity index (χ3n) is 2.52. The Morgan fingerprint density at radius 3 is 2.41 bits per heavy atom. The van der Waals surface area contributed by atoms with E-state index in [0.717, 1.165) is 11.3 Å². The summed E-state index contributed by atoms with van der Waals surface area (Å²) in [7, 11) is 0. The predicted molar refractivity (Wildman–Crippen MR) is 70.7 cm³/mol. The Kier molecular flexibility index (Phi) is 3.05. The quantitative estimate of drug-likeness (QED) is 0.480. The highest BCUT2D eigenvalue weighted by atomic mass is 16.3. The van der Waals surface area contributed by atoms with Crippen molar-refractivity contribution in [3.8, 4) is 5.75 Å². The molecule has 4 nitrogen and oxygen atoms in total. The second kappa shape index (κ2) is 4.65. The van der Waals surface area contributed by atoms with Crippen LogP contribution in [0.4, 0.5) is 17.1 Å². The lowest BCUT2D eigenvalue weighted by Gasteiger charge is -2.09. The lowest BCUT2D eigenvalue weighted by Crippen LogP contribution is -2.03. The van der Waals surface area contributed by atoms with Crippen LogP contribution in [0.25, 0.3) is 0 Å². The zero-order valence-corrected chi connectivity index (χ0v) is 9.35. The topological polar surface area (TPSA) is 84.3 Å². The van der Waals surface area contributed by atoms with E-state index in [1.807, 2.05) is 6.07 Å². The van der Waals surface area contributed by atoms with Gasteiger partial charge in [-0.2, -0.15) is 0 Å². The number of rotatable bonds is 3. The average Bonchev–Trinajstić information content (AvgIpc) is 2.32. The Hall–Kier alpha value is -2.36. The molecule has 0 fully saturated rings. The van der Waals surface area contributed by atoms with E-state index in [1.54, 1.807) is 36.4 Å². The van der Waals surface area contributed by atoms with E-state index < -0.39 is 0 Å². The number of nitrogens with two attached hydrogens (primary N) is 2. The van der Waals surface area contributed by atoms with Gasteiger partial charge in [-0.15, -0.1) is 0 Å². The molecule has 6 N–H and O–H groups in total. The first-order chi connectivity index (χ1) is 8.15. The first-order valence-corrected chi connectivity index (χ1v) is 5.32. The zero-order valence-electron chi connectivity index (χ0n) is 9.35. The lowest BCUT2D eigenvalue weighted by molar-refractivity contribution is 0.475. The van der Waals surface area contributed by atoms with Crippen molar-refractivity contribution in [2.24, 2.45) is 0 Å². The minimum Gasteiger partial charge on any atom is -0.508 e. The molecule has 0 aliphatic heterocycles. The summed E-state index contributed by atoms with van der Waals surface area (Å²) in [4.78, 5) is 0. The van der Waals surface area contributed by atoms with Gasteiger partial charge < -0.3 is 21.9 Å². The van der Waals surface area contributed by atoms with Crippen molar-refractivity contribution in [1.82, 2.24) is 0 Å². The molecular formula is C13H15N3O. The molecule has 0 aromatic heterocycles. The minimum absolute atomic E-state index is 0.249. The number of nitrogen functional groups attached to an aromatic ring is 2. The number of benzene rings is 2. The molecule has 0 heterocycles. The van der Waals surface area contributed by atoms with E-state index in [-0.39, 0.29) is 5.75 Å². The fourth-order valence-electron chi connectivity index (χ4n) is 1.56. The Bertz CT molecular complexity index is 509. The maximum Gasteiger partial charge on any atom is 0.115 e. The Labute approximate surface area is 99.9 Å². The molecule has 0 saturated heterocycles. The van der Waals surface area contributed by atoms with Crippen LogP contribution in [0, 0.1) is 0 Å². The van der Waals surface area contributed by atoms with Crippen molar-refractivity contribution in [2.45, 2.75) is 6.54 Å². The van der Waals surface area contributed by atoms with Crippen LogP contribution in [0.5, 0.6) is 5.75 Å². The number of hydrogen-bond donors (Lipinski definition) is 4. The highest BCUT2D eigenvalue weighted by molar-refractivity contribution is 5.57. The molecule has 0 spiro atoms. The highest BCUT2D eigenvalue weighted by Gasteiger charge is 2.00. The van der Waals surface area contributed by atoms with Gasteiger partial charge in [0.1, 0.15) is 5.75 Å². The summed E-state index contributed by atoms with van der Waals surface area (Å²) in [6.45, 7) is 0.599. The smallest absolute Gasteiger partial charge is 0.115 e. The molecule has 2 rings (SSSR count). The molecule has 0 unspecified atom stereocenters. The summed E-state index contributed by atoms with van der Waals surface area (Å²) >= 11 is 0. The van der Waals surface area contributed by atoms with E-state index in [2.05, 4.69) is 5.32 Å². The van der Waals surface area contributed by atoms with Gasteiger partial charge in [0.2, 0.25) is 0 Å². The molecular weight excluding hydrogens is 214 g/mol. The molecule has 0 aliphatic rings. The van der Waals surface area contributed by atoms with Crippen molar-refractivity contribution in [1.29, 1.82) is 0 Å². The summed E-state index contributed by atoms with van der Waals surface area (Å²) in [6, 6.07) is 12.3. The van der Waals surface area contributed by atoms with Crippen LogP contribution in [0.2, 0.25) is 0 Å². The van der Waals surface area contributed by atoms with Crippen molar-refractivity contribution >= 4 is 17.1 Å². The summed E-state index contributed by atoms with van der Waals surface area (Å²) in [6.07, 6.45) is 0. The van der Waals surface area contributed by atoms with Gasteiger partial charge in [0.25, 0.3) is 0 Å². The van der Waals surface area contributed by atoms with Crippen molar-refractivity contribution < 1.29 is 5.11 Å². The fourth-order valence-corrected chi connectivity index (χ4v) is 1.56. The monoisotopic (exact) mass is 229 g/mol. The molecule has 0 amide bonds. The van der Waals surface area contributed by atoms with Crippen LogP contribution in [-0.2, 0) is 6.54 Å². The van der Waals surface area contributed by atoms with Crippen LogP contribution >= 0.6 is 0 Å². The van der Waals surface area contributed by atoms with Crippen LogP contribution in [0.3, 0.4) is 0 Å². The van der Waals surface area contributed by atoms with Crippen LogP contribution < -0.4 is 16.8 Å². The Balaban J connectivity index is 2.07. The van der Waals surface area contributed by atoms with Crippen molar-refractivity contribution in [2.75, 3.05) is 16.8 Å². The van der Waals surface area contributed by atoms with E-state index in [4.69, 9.17) is 16.6 Å². The average molecular weight is 229 g/mol. The van der Waals surface area contributed by atoms with E-state index in [0.29, 0.717) is 17.9 Å². The lowest BCUT2D eigenvalue weighted by atomic mass is 10.1. The number of phenols is 1. The van der Waals surface area contributed by atoms with Gasteiger partial charge in [0, 0.05) is 23.6 Å². The van der Waals surface area contributed by atoms with E-state index >= 15 is 0 Å². The van der Waals surface area contributed by atoms with Gasteiger partial charge in [-0.25, -0.2) is 0 Å². The zero-order chi connectivity index (χ0) is 12.3. The predicted octanol–water partition coefficient (Wildman–Crippen LogP) is 2.17. The molecule has 0 saturated carbocycles. The van der Waals surface area contributed by atoms with Crippen molar-refractivity contribution in [3.05, 3.63) is 48.0 Å². The Morgan fingerprint density at radius 2 is 1.71 bits per heavy atom. The summed E-state index contributed by atoms with van der Waals surface area (Å²) in [5.41, 5.74) is 14.8. The maximum atomic E-state index is 9.16. The van der Waals surface area contributed by atoms with Gasteiger partial charge in [0.15, 0.2) is 0 Å². The number of aromatic hydroxyl groups is 1.